The summed E-state index contributed by atoms with van der Waals surface area (Å²) in [6.45, 7) is 11.0. The van der Waals surface area contributed by atoms with E-state index < -0.39 is 0 Å². The van der Waals surface area contributed by atoms with E-state index in [2.05, 4.69) is 24.1 Å². The van der Waals surface area contributed by atoms with E-state index in [9.17, 15) is 0 Å². The van der Waals surface area contributed by atoms with Crippen molar-refractivity contribution in [2.24, 2.45) is 0 Å². The molecule has 1 N–H and O–H groups in total. The molecule has 96 valence electrons. The molecule has 3 nitrogen and oxygen atoms in total. The zero-order valence-corrected chi connectivity index (χ0v) is 11.0. The molecule has 0 aromatic rings. The van der Waals surface area contributed by atoms with Crippen molar-refractivity contribution in [1.82, 2.24) is 10.2 Å². The lowest BCUT2D eigenvalue weighted by molar-refractivity contribution is -0.0312. The predicted octanol–water partition coefficient (Wildman–Crippen LogP) is 1.88. The Morgan fingerprint density at radius 2 is 2.12 bits per heavy atom. The summed E-state index contributed by atoms with van der Waals surface area (Å²) in [7, 11) is 0. The number of ether oxygens (including phenoxy) is 1. The van der Waals surface area contributed by atoms with Crippen LogP contribution >= 0.6 is 0 Å². The Morgan fingerprint density at radius 1 is 1.25 bits per heavy atom. The van der Waals surface area contributed by atoms with Crippen LogP contribution in [-0.2, 0) is 4.74 Å². The van der Waals surface area contributed by atoms with Gasteiger partial charge < -0.3 is 10.1 Å². The molecule has 3 heteroatoms. The number of nitrogens with zero attached hydrogens (tertiary/aromatic N) is 1. The summed E-state index contributed by atoms with van der Waals surface area (Å²) in [5, 5.41) is 3.36. The van der Waals surface area contributed by atoms with Gasteiger partial charge in [0.25, 0.3) is 0 Å². The molecule has 1 fully saturated rings. The van der Waals surface area contributed by atoms with Crippen molar-refractivity contribution < 1.29 is 4.74 Å². The Bertz CT molecular complexity index is 164. The van der Waals surface area contributed by atoms with Gasteiger partial charge in [-0.1, -0.05) is 26.7 Å². The van der Waals surface area contributed by atoms with Crippen molar-refractivity contribution in [3.63, 3.8) is 0 Å². The average Bonchev–Trinajstić information content (AvgIpc) is 2.34. The Kier molecular flexibility index (Phi) is 7.81. The average molecular weight is 228 g/mol. The van der Waals surface area contributed by atoms with Crippen LogP contribution in [0.2, 0.25) is 0 Å². The van der Waals surface area contributed by atoms with Crippen LogP contribution in [0.3, 0.4) is 0 Å². The van der Waals surface area contributed by atoms with Gasteiger partial charge in [0.05, 0.1) is 12.7 Å². The van der Waals surface area contributed by atoms with Crippen molar-refractivity contribution in [2.45, 2.75) is 45.6 Å². The molecule has 0 saturated carbocycles. The van der Waals surface area contributed by atoms with Gasteiger partial charge in [0, 0.05) is 13.1 Å². The second-order valence-electron chi connectivity index (χ2n) is 4.59. The molecular formula is C13H28N2O. The highest BCUT2D eigenvalue weighted by molar-refractivity contribution is 4.70. The lowest BCUT2D eigenvalue weighted by Crippen LogP contribution is -2.42. The van der Waals surface area contributed by atoms with Gasteiger partial charge in [-0.3, -0.25) is 4.90 Å². The van der Waals surface area contributed by atoms with Crippen LogP contribution in [0.5, 0.6) is 0 Å². The van der Waals surface area contributed by atoms with E-state index in [0.717, 1.165) is 26.2 Å². The van der Waals surface area contributed by atoms with Gasteiger partial charge in [0.15, 0.2) is 0 Å². The van der Waals surface area contributed by atoms with Crippen molar-refractivity contribution in [2.75, 3.05) is 39.3 Å². The number of unbranched alkanes of at least 4 members (excludes halogenated alkanes) is 2. The zero-order chi connectivity index (χ0) is 11.6. The quantitative estimate of drug-likeness (QED) is 0.642. The van der Waals surface area contributed by atoms with E-state index in [1.54, 1.807) is 0 Å². The molecule has 1 aliphatic rings. The summed E-state index contributed by atoms with van der Waals surface area (Å²) in [6, 6.07) is 0. The monoisotopic (exact) mass is 228 g/mol. The van der Waals surface area contributed by atoms with Crippen molar-refractivity contribution in [3.8, 4) is 0 Å². The molecule has 1 heterocycles. The lowest BCUT2D eigenvalue weighted by Gasteiger charge is -2.32. The summed E-state index contributed by atoms with van der Waals surface area (Å²) < 4.78 is 5.78. The number of morpholine rings is 1. The van der Waals surface area contributed by atoms with Crippen LogP contribution in [0, 0.1) is 0 Å². The fourth-order valence-corrected chi connectivity index (χ4v) is 2.22. The van der Waals surface area contributed by atoms with E-state index in [-0.39, 0.29) is 0 Å². The van der Waals surface area contributed by atoms with Gasteiger partial charge in [-0.2, -0.15) is 0 Å². The highest BCUT2D eigenvalue weighted by Gasteiger charge is 2.18. The molecule has 1 saturated heterocycles. The fourth-order valence-electron chi connectivity index (χ4n) is 2.22. The summed E-state index contributed by atoms with van der Waals surface area (Å²) in [4.78, 5) is 2.49. The van der Waals surface area contributed by atoms with Crippen molar-refractivity contribution in [1.29, 1.82) is 0 Å². The molecule has 16 heavy (non-hydrogen) atoms. The Hall–Kier alpha value is -0.120. The van der Waals surface area contributed by atoms with Crippen LogP contribution in [0.4, 0.5) is 0 Å². The van der Waals surface area contributed by atoms with Crippen LogP contribution in [-0.4, -0.2) is 50.3 Å². The van der Waals surface area contributed by atoms with Crippen molar-refractivity contribution in [3.05, 3.63) is 0 Å². The van der Waals surface area contributed by atoms with Crippen molar-refractivity contribution >= 4 is 0 Å². The van der Waals surface area contributed by atoms with Gasteiger partial charge in [-0.25, -0.2) is 0 Å². The first-order chi connectivity index (χ1) is 7.86. The molecule has 1 rings (SSSR count). The van der Waals surface area contributed by atoms with E-state index in [1.807, 2.05) is 0 Å². The van der Waals surface area contributed by atoms with Gasteiger partial charge in [-0.05, 0) is 32.5 Å². The smallest absolute Gasteiger partial charge is 0.0702 e. The minimum atomic E-state index is 0.493. The van der Waals surface area contributed by atoms with Gasteiger partial charge in [0.2, 0.25) is 0 Å². The van der Waals surface area contributed by atoms with Gasteiger partial charge in [-0.15, -0.1) is 0 Å². The van der Waals surface area contributed by atoms with Crippen LogP contribution in [0.25, 0.3) is 0 Å². The molecule has 0 amide bonds. The number of rotatable bonds is 8. The summed E-state index contributed by atoms with van der Waals surface area (Å²) >= 11 is 0. The number of likely N-dealkylation sites (N-methyl/N-ethyl adjacent to an activating group) is 1. The number of hydrogen-bond donors (Lipinski definition) is 1. The minimum absolute atomic E-state index is 0.493. The Labute approximate surface area is 101 Å². The van der Waals surface area contributed by atoms with E-state index in [0.29, 0.717) is 6.10 Å². The SMILES string of the molecule is CCNCCCCC[C@@H]1CN(CC)CCO1. The Balaban J connectivity index is 1.95. The van der Waals surface area contributed by atoms with E-state index >= 15 is 0 Å². The third kappa shape index (κ3) is 5.83. The molecule has 0 aromatic carbocycles. The normalized spacial score (nSPS) is 22.5. The third-order valence-electron chi connectivity index (χ3n) is 3.30. The highest BCUT2D eigenvalue weighted by atomic mass is 16.5. The number of hydrogen-bond acceptors (Lipinski definition) is 3. The lowest BCUT2D eigenvalue weighted by atomic mass is 10.1. The topological polar surface area (TPSA) is 24.5 Å². The molecule has 0 spiro atoms. The minimum Gasteiger partial charge on any atom is -0.376 e. The van der Waals surface area contributed by atoms with E-state index in [4.69, 9.17) is 4.74 Å². The predicted molar refractivity (Wildman–Crippen MR) is 68.9 cm³/mol. The van der Waals surface area contributed by atoms with Crippen LogP contribution in [0.1, 0.15) is 39.5 Å². The maximum atomic E-state index is 5.78. The molecule has 0 unspecified atom stereocenters. The second-order valence-corrected chi connectivity index (χ2v) is 4.59. The van der Waals surface area contributed by atoms with Gasteiger partial charge in [0.1, 0.15) is 0 Å². The zero-order valence-electron chi connectivity index (χ0n) is 11.0. The third-order valence-corrected chi connectivity index (χ3v) is 3.30. The van der Waals surface area contributed by atoms with Gasteiger partial charge >= 0.3 is 0 Å². The largest absolute Gasteiger partial charge is 0.376 e. The number of nitrogens with one attached hydrogen (secondary N) is 1. The van der Waals surface area contributed by atoms with Crippen LogP contribution < -0.4 is 5.32 Å². The van der Waals surface area contributed by atoms with E-state index in [1.165, 1.54) is 38.8 Å². The maximum Gasteiger partial charge on any atom is 0.0702 e. The second kappa shape index (κ2) is 8.97. The Morgan fingerprint density at radius 3 is 2.88 bits per heavy atom. The fraction of sp³-hybridized carbons (Fsp3) is 1.00. The first-order valence-corrected chi connectivity index (χ1v) is 6.91. The maximum absolute atomic E-state index is 5.78. The molecule has 0 aromatic heterocycles. The molecule has 0 radical (unpaired) electrons. The summed E-state index contributed by atoms with van der Waals surface area (Å²) in [5.74, 6) is 0. The molecule has 0 aliphatic carbocycles. The molecular weight excluding hydrogens is 200 g/mol. The molecule has 1 aliphatic heterocycles. The standard InChI is InChI=1S/C13H28N2O/c1-3-14-9-7-5-6-8-13-12-15(4-2)10-11-16-13/h13-14H,3-12H2,1-2H3/t13-/m1/s1. The first-order valence-electron chi connectivity index (χ1n) is 6.91. The summed E-state index contributed by atoms with van der Waals surface area (Å²) in [6.07, 6.45) is 5.68. The van der Waals surface area contributed by atoms with Crippen LogP contribution in [0.15, 0.2) is 0 Å². The molecule has 1 atom stereocenters. The summed E-state index contributed by atoms with van der Waals surface area (Å²) in [5.41, 5.74) is 0. The first kappa shape index (κ1) is 13.9. The molecule has 0 bridgehead atoms. The highest BCUT2D eigenvalue weighted by Crippen LogP contribution is 2.12.